The lowest BCUT2D eigenvalue weighted by molar-refractivity contribution is -0.132. The van der Waals surface area contributed by atoms with Gasteiger partial charge in [0.15, 0.2) is 5.60 Å². The summed E-state index contributed by atoms with van der Waals surface area (Å²) in [5.41, 5.74) is 0.886. The lowest BCUT2D eigenvalue weighted by Crippen LogP contribution is -2.52. The van der Waals surface area contributed by atoms with Crippen molar-refractivity contribution in [1.82, 2.24) is 0 Å². The summed E-state index contributed by atoms with van der Waals surface area (Å²) in [6.45, 7) is 6.50. The van der Waals surface area contributed by atoms with E-state index < -0.39 is 11.6 Å². The van der Waals surface area contributed by atoms with E-state index >= 15 is 0 Å². The first-order valence-electron chi connectivity index (χ1n) is 9.36. The average Bonchev–Trinajstić information content (AvgIpc) is 2.65. The molecule has 1 aliphatic heterocycles. The second-order valence-corrected chi connectivity index (χ2v) is 7.43. The molecule has 0 unspecified atom stereocenters. The zero-order valence-corrected chi connectivity index (χ0v) is 16.4. The number of nitrogens with zero attached hydrogens (tertiary/aromatic N) is 1. The highest BCUT2D eigenvalue weighted by atomic mass is 16.5. The van der Waals surface area contributed by atoms with Crippen molar-refractivity contribution < 1.29 is 24.2 Å². The summed E-state index contributed by atoms with van der Waals surface area (Å²) in [4.78, 5) is 25.7. The number of amides is 1. The Kier molecular flexibility index (Phi) is 5.58. The van der Waals surface area contributed by atoms with Crippen LogP contribution in [-0.4, -0.2) is 35.7 Å². The van der Waals surface area contributed by atoms with Crippen LogP contribution in [0.5, 0.6) is 11.5 Å². The van der Waals surface area contributed by atoms with Crippen LogP contribution in [0.1, 0.15) is 42.6 Å². The van der Waals surface area contributed by atoms with Crippen molar-refractivity contribution in [1.29, 1.82) is 0 Å². The molecule has 0 saturated carbocycles. The number of unbranched alkanes of at least 4 members (excludes halogenated alkanes) is 1. The van der Waals surface area contributed by atoms with Crippen molar-refractivity contribution >= 4 is 17.6 Å². The third-order valence-electron chi connectivity index (χ3n) is 4.69. The maximum absolute atomic E-state index is 12.8. The Bertz CT molecular complexity index is 873. The van der Waals surface area contributed by atoms with Crippen molar-refractivity contribution in [2.45, 2.75) is 39.2 Å². The molecule has 0 radical (unpaired) electrons. The molecule has 0 saturated heterocycles. The molecule has 0 aromatic heterocycles. The van der Waals surface area contributed by atoms with Gasteiger partial charge in [-0.3, -0.25) is 4.79 Å². The summed E-state index contributed by atoms with van der Waals surface area (Å²) in [5, 5.41) is 9.19. The van der Waals surface area contributed by atoms with Gasteiger partial charge in [-0.15, -0.1) is 0 Å². The predicted molar refractivity (Wildman–Crippen MR) is 106 cm³/mol. The number of carbonyl (C=O) groups excluding carboxylic acids is 1. The minimum atomic E-state index is -1.04. The van der Waals surface area contributed by atoms with Crippen molar-refractivity contribution in [2.75, 3.05) is 18.1 Å². The van der Waals surface area contributed by atoms with Crippen LogP contribution in [0.25, 0.3) is 0 Å². The summed E-state index contributed by atoms with van der Waals surface area (Å²) >= 11 is 0. The molecule has 2 aromatic rings. The van der Waals surface area contributed by atoms with Gasteiger partial charge in [0.1, 0.15) is 11.5 Å². The first-order chi connectivity index (χ1) is 13.3. The minimum Gasteiger partial charge on any atom is -0.494 e. The van der Waals surface area contributed by atoms with Gasteiger partial charge in [0.2, 0.25) is 0 Å². The Hall–Kier alpha value is -3.02. The molecule has 1 heterocycles. The van der Waals surface area contributed by atoms with E-state index in [-0.39, 0.29) is 11.5 Å². The van der Waals surface area contributed by atoms with Gasteiger partial charge < -0.3 is 19.5 Å². The van der Waals surface area contributed by atoms with E-state index in [1.807, 2.05) is 31.2 Å². The number of aryl methyl sites for hydroxylation is 1. The maximum Gasteiger partial charge on any atom is 0.335 e. The second kappa shape index (κ2) is 7.92. The van der Waals surface area contributed by atoms with Gasteiger partial charge in [-0.25, -0.2) is 4.79 Å². The van der Waals surface area contributed by atoms with Crippen LogP contribution < -0.4 is 14.4 Å². The fraction of sp³-hybridized carbons (Fsp3) is 0.364. The lowest BCUT2D eigenvalue weighted by atomic mass is 10.0. The highest BCUT2D eigenvalue weighted by molar-refractivity contribution is 6.03. The van der Waals surface area contributed by atoms with Crippen LogP contribution in [0.4, 0.5) is 5.69 Å². The van der Waals surface area contributed by atoms with E-state index in [0.29, 0.717) is 24.6 Å². The summed E-state index contributed by atoms with van der Waals surface area (Å²) in [6, 6.07) is 12.5. The number of fused-ring (bicyclic) bond motifs is 1. The number of anilines is 1. The molecule has 6 heteroatoms. The molecular weight excluding hydrogens is 358 g/mol. The average molecular weight is 383 g/mol. The fourth-order valence-corrected chi connectivity index (χ4v) is 3.12. The van der Waals surface area contributed by atoms with E-state index in [4.69, 9.17) is 9.47 Å². The van der Waals surface area contributed by atoms with Crippen LogP contribution in [0.3, 0.4) is 0 Å². The predicted octanol–water partition coefficient (Wildman–Crippen LogP) is 4.06. The van der Waals surface area contributed by atoms with Gasteiger partial charge in [-0.2, -0.15) is 0 Å². The molecule has 0 atom stereocenters. The normalized spacial score (nSPS) is 15.0. The molecule has 28 heavy (non-hydrogen) atoms. The molecule has 0 fully saturated rings. The number of hydrogen-bond acceptors (Lipinski definition) is 4. The second-order valence-electron chi connectivity index (χ2n) is 7.43. The van der Waals surface area contributed by atoms with Gasteiger partial charge in [-0.05, 0) is 63.9 Å². The number of rotatable bonds is 7. The summed E-state index contributed by atoms with van der Waals surface area (Å²) < 4.78 is 11.5. The topological polar surface area (TPSA) is 76.1 Å². The molecule has 0 bridgehead atoms. The molecule has 0 aliphatic carbocycles. The van der Waals surface area contributed by atoms with Gasteiger partial charge in [0.05, 0.1) is 17.9 Å². The number of benzene rings is 2. The Labute approximate surface area is 164 Å². The first-order valence-corrected chi connectivity index (χ1v) is 9.36. The monoisotopic (exact) mass is 383 g/mol. The first kappa shape index (κ1) is 19.7. The SMILES string of the molecule is Cc1ccc(OCCCCN2C(=O)C(C)(C)Oc3cc(C(=O)O)ccc32)cc1. The third kappa shape index (κ3) is 4.27. The zero-order chi connectivity index (χ0) is 20.3. The highest BCUT2D eigenvalue weighted by Crippen LogP contribution is 2.38. The lowest BCUT2D eigenvalue weighted by Gasteiger charge is -2.39. The number of carboxylic acids is 1. The molecule has 148 valence electrons. The summed E-state index contributed by atoms with van der Waals surface area (Å²) in [7, 11) is 0. The standard InChI is InChI=1S/C22H25NO5/c1-15-6-9-17(10-7-15)27-13-5-4-12-23-18-11-8-16(20(24)25)14-19(18)28-22(2,3)21(23)26/h6-11,14H,4-5,12-13H2,1-3H3,(H,24,25). The van der Waals surface area contributed by atoms with Crippen molar-refractivity contribution in [3.63, 3.8) is 0 Å². The maximum atomic E-state index is 12.8. The summed E-state index contributed by atoms with van der Waals surface area (Å²) in [5.74, 6) is 0.0876. The van der Waals surface area contributed by atoms with Gasteiger partial charge >= 0.3 is 5.97 Å². The number of ether oxygens (including phenoxy) is 2. The molecule has 1 aliphatic rings. The number of aromatic carboxylic acids is 1. The zero-order valence-electron chi connectivity index (χ0n) is 16.4. The van der Waals surface area contributed by atoms with Gasteiger partial charge in [0, 0.05) is 6.54 Å². The number of carbonyl (C=O) groups is 2. The van der Waals surface area contributed by atoms with Crippen molar-refractivity contribution in [2.24, 2.45) is 0 Å². The van der Waals surface area contributed by atoms with Crippen LogP contribution in [0.2, 0.25) is 0 Å². The van der Waals surface area contributed by atoms with E-state index in [2.05, 4.69) is 0 Å². The van der Waals surface area contributed by atoms with Gasteiger partial charge in [-0.1, -0.05) is 17.7 Å². The molecule has 6 nitrogen and oxygen atoms in total. The van der Waals surface area contributed by atoms with Crippen LogP contribution in [0.15, 0.2) is 42.5 Å². The Morgan fingerprint density at radius 1 is 1.14 bits per heavy atom. The Morgan fingerprint density at radius 2 is 1.86 bits per heavy atom. The fourth-order valence-electron chi connectivity index (χ4n) is 3.12. The molecule has 0 spiro atoms. The Balaban J connectivity index is 1.63. The molecular formula is C22H25NO5. The van der Waals surface area contributed by atoms with Crippen molar-refractivity contribution in [3.05, 3.63) is 53.6 Å². The van der Waals surface area contributed by atoms with E-state index in [0.717, 1.165) is 18.6 Å². The Morgan fingerprint density at radius 3 is 2.54 bits per heavy atom. The largest absolute Gasteiger partial charge is 0.494 e. The molecule has 3 rings (SSSR count). The van der Waals surface area contributed by atoms with Crippen LogP contribution >= 0.6 is 0 Å². The van der Waals surface area contributed by atoms with Gasteiger partial charge in [0.25, 0.3) is 5.91 Å². The van der Waals surface area contributed by atoms with Crippen LogP contribution in [-0.2, 0) is 4.79 Å². The smallest absolute Gasteiger partial charge is 0.335 e. The number of hydrogen-bond donors (Lipinski definition) is 1. The number of carboxylic acid groups (broad SMARTS) is 1. The summed E-state index contributed by atoms with van der Waals surface area (Å²) in [6.07, 6.45) is 1.55. The van der Waals surface area contributed by atoms with E-state index in [1.54, 1.807) is 24.8 Å². The molecule has 1 amide bonds. The minimum absolute atomic E-state index is 0.135. The third-order valence-corrected chi connectivity index (χ3v) is 4.69. The van der Waals surface area contributed by atoms with Crippen LogP contribution in [0, 0.1) is 6.92 Å². The molecule has 2 aromatic carbocycles. The highest BCUT2D eigenvalue weighted by Gasteiger charge is 2.40. The van der Waals surface area contributed by atoms with E-state index in [9.17, 15) is 14.7 Å². The van der Waals surface area contributed by atoms with Crippen molar-refractivity contribution in [3.8, 4) is 11.5 Å². The van der Waals surface area contributed by atoms with E-state index in [1.165, 1.54) is 17.7 Å². The molecule has 1 N–H and O–H groups in total. The quantitative estimate of drug-likeness (QED) is 0.730.